The molecule has 2 aromatic rings. The molecule has 2 aromatic carbocycles. The number of carbonyl (C=O) groups is 2. The van der Waals surface area contributed by atoms with Gasteiger partial charge in [0.25, 0.3) is 5.91 Å². The van der Waals surface area contributed by atoms with Gasteiger partial charge in [-0.05, 0) is 25.1 Å². The van der Waals surface area contributed by atoms with Crippen molar-refractivity contribution in [3.8, 4) is 5.75 Å². The fourth-order valence-electron chi connectivity index (χ4n) is 3.03. The Labute approximate surface area is 140 Å². The zero-order valence-corrected chi connectivity index (χ0v) is 13.4. The molecule has 0 aliphatic carbocycles. The SMILES string of the molecule is CC(=O)CC1(O)C(=O)N(CCOc2ccccc2)c2ccccc21. The molecule has 0 aromatic heterocycles. The number of fused-ring (bicyclic) bond motifs is 1. The molecule has 5 nitrogen and oxygen atoms in total. The van der Waals surface area contributed by atoms with Gasteiger partial charge < -0.3 is 14.7 Å². The normalized spacial score (nSPS) is 19.2. The van der Waals surface area contributed by atoms with E-state index >= 15 is 0 Å². The third-order valence-electron chi connectivity index (χ3n) is 4.07. The van der Waals surface area contributed by atoms with Crippen molar-refractivity contribution in [1.82, 2.24) is 0 Å². The number of anilines is 1. The Morgan fingerprint density at radius 1 is 1.12 bits per heavy atom. The maximum Gasteiger partial charge on any atom is 0.264 e. The van der Waals surface area contributed by atoms with Gasteiger partial charge in [0.15, 0.2) is 5.60 Å². The van der Waals surface area contributed by atoms with Crippen LogP contribution in [0.5, 0.6) is 5.75 Å². The molecule has 1 unspecified atom stereocenters. The quantitative estimate of drug-likeness (QED) is 0.885. The number of para-hydroxylation sites is 2. The van der Waals surface area contributed by atoms with Crippen molar-refractivity contribution in [2.75, 3.05) is 18.1 Å². The van der Waals surface area contributed by atoms with Gasteiger partial charge in [0.2, 0.25) is 0 Å². The Morgan fingerprint density at radius 2 is 1.79 bits per heavy atom. The highest BCUT2D eigenvalue weighted by Gasteiger charge is 2.50. The summed E-state index contributed by atoms with van der Waals surface area (Å²) < 4.78 is 5.64. The zero-order valence-electron chi connectivity index (χ0n) is 13.4. The molecule has 0 fully saturated rings. The summed E-state index contributed by atoms with van der Waals surface area (Å²) in [4.78, 5) is 25.7. The summed E-state index contributed by atoms with van der Waals surface area (Å²) >= 11 is 0. The average molecular weight is 325 g/mol. The minimum Gasteiger partial charge on any atom is -0.492 e. The number of carbonyl (C=O) groups excluding carboxylic acids is 2. The topological polar surface area (TPSA) is 66.8 Å². The molecule has 0 bridgehead atoms. The van der Waals surface area contributed by atoms with Crippen molar-refractivity contribution in [3.05, 3.63) is 60.2 Å². The molecule has 1 aliphatic heterocycles. The van der Waals surface area contributed by atoms with Crippen LogP contribution in [0.25, 0.3) is 0 Å². The Hall–Kier alpha value is -2.66. The molecule has 24 heavy (non-hydrogen) atoms. The maximum absolute atomic E-state index is 12.7. The number of hydrogen-bond acceptors (Lipinski definition) is 4. The molecule has 1 aliphatic rings. The van der Waals surface area contributed by atoms with Crippen LogP contribution in [0.3, 0.4) is 0 Å². The van der Waals surface area contributed by atoms with E-state index in [9.17, 15) is 14.7 Å². The lowest BCUT2D eigenvalue weighted by Crippen LogP contribution is -2.42. The van der Waals surface area contributed by atoms with Crippen molar-refractivity contribution in [2.24, 2.45) is 0 Å². The van der Waals surface area contributed by atoms with Gasteiger partial charge in [0.1, 0.15) is 18.1 Å². The molecule has 0 radical (unpaired) electrons. The molecular formula is C19H19NO4. The average Bonchev–Trinajstić information content (AvgIpc) is 2.77. The molecule has 0 saturated heterocycles. The van der Waals surface area contributed by atoms with Crippen molar-refractivity contribution in [2.45, 2.75) is 18.9 Å². The fourth-order valence-corrected chi connectivity index (χ4v) is 3.03. The number of aliphatic hydroxyl groups is 1. The standard InChI is InChI=1S/C19H19NO4/c1-14(21)13-19(23)16-9-5-6-10-17(16)20(18(19)22)11-12-24-15-7-3-2-4-8-15/h2-10,23H,11-13H2,1H3. The third kappa shape index (κ3) is 2.90. The number of ketones is 1. The second-order valence-corrected chi connectivity index (χ2v) is 5.87. The number of benzene rings is 2. The molecule has 0 saturated carbocycles. The molecule has 124 valence electrons. The summed E-state index contributed by atoms with van der Waals surface area (Å²) in [5.41, 5.74) is -0.678. The predicted molar refractivity (Wildman–Crippen MR) is 89.9 cm³/mol. The lowest BCUT2D eigenvalue weighted by Gasteiger charge is -2.22. The molecule has 3 rings (SSSR count). The van der Waals surface area contributed by atoms with E-state index in [1.165, 1.54) is 11.8 Å². The largest absolute Gasteiger partial charge is 0.492 e. The molecule has 1 atom stereocenters. The van der Waals surface area contributed by atoms with Gasteiger partial charge in [-0.25, -0.2) is 0 Å². The Balaban J connectivity index is 1.79. The summed E-state index contributed by atoms with van der Waals surface area (Å²) in [6.45, 7) is 1.96. The number of hydrogen-bond donors (Lipinski definition) is 1. The van der Waals surface area contributed by atoms with Crippen LogP contribution in [-0.2, 0) is 15.2 Å². The minimum atomic E-state index is -1.78. The first-order chi connectivity index (χ1) is 11.5. The van der Waals surface area contributed by atoms with Crippen LogP contribution in [0.15, 0.2) is 54.6 Å². The van der Waals surface area contributed by atoms with Crippen LogP contribution >= 0.6 is 0 Å². The van der Waals surface area contributed by atoms with E-state index in [2.05, 4.69) is 0 Å². The second kappa shape index (κ2) is 6.45. The summed E-state index contributed by atoms with van der Waals surface area (Å²) in [6.07, 6.45) is -0.223. The van der Waals surface area contributed by atoms with Crippen molar-refractivity contribution in [1.29, 1.82) is 0 Å². The van der Waals surface area contributed by atoms with E-state index in [0.29, 0.717) is 24.4 Å². The highest BCUT2D eigenvalue weighted by atomic mass is 16.5. The van der Waals surface area contributed by atoms with E-state index in [1.54, 1.807) is 24.3 Å². The van der Waals surface area contributed by atoms with Gasteiger partial charge in [-0.2, -0.15) is 0 Å². The van der Waals surface area contributed by atoms with E-state index in [-0.39, 0.29) is 12.2 Å². The van der Waals surface area contributed by atoms with E-state index in [0.717, 1.165) is 5.75 Å². The van der Waals surface area contributed by atoms with Crippen molar-refractivity contribution < 1.29 is 19.4 Å². The van der Waals surface area contributed by atoms with E-state index < -0.39 is 11.5 Å². The monoisotopic (exact) mass is 325 g/mol. The van der Waals surface area contributed by atoms with E-state index in [4.69, 9.17) is 4.74 Å². The van der Waals surface area contributed by atoms with E-state index in [1.807, 2.05) is 30.3 Å². The van der Waals surface area contributed by atoms with Crippen LogP contribution in [-0.4, -0.2) is 29.9 Å². The van der Waals surface area contributed by atoms with Gasteiger partial charge in [-0.3, -0.25) is 9.59 Å². The number of Topliss-reactive ketones (excluding diaryl/α,β-unsaturated/α-hetero) is 1. The summed E-state index contributed by atoms with van der Waals surface area (Å²) in [5, 5.41) is 10.8. The molecule has 1 heterocycles. The first kappa shape index (κ1) is 16.2. The van der Waals surface area contributed by atoms with Crippen LogP contribution in [0, 0.1) is 0 Å². The van der Waals surface area contributed by atoms with Crippen LogP contribution < -0.4 is 9.64 Å². The number of nitrogens with zero attached hydrogens (tertiary/aromatic N) is 1. The van der Waals surface area contributed by atoms with Gasteiger partial charge >= 0.3 is 0 Å². The lowest BCUT2D eigenvalue weighted by atomic mass is 9.90. The Bertz CT molecular complexity index is 759. The Kier molecular flexibility index (Phi) is 4.36. The van der Waals surface area contributed by atoms with Crippen LogP contribution in [0.4, 0.5) is 5.69 Å². The minimum absolute atomic E-state index is 0.223. The summed E-state index contributed by atoms with van der Waals surface area (Å²) in [6, 6.07) is 16.3. The number of amides is 1. The smallest absolute Gasteiger partial charge is 0.264 e. The van der Waals surface area contributed by atoms with Gasteiger partial charge in [-0.15, -0.1) is 0 Å². The van der Waals surface area contributed by atoms with Gasteiger partial charge in [0, 0.05) is 12.0 Å². The summed E-state index contributed by atoms with van der Waals surface area (Å²) in [5.74, 6) is 0.00929. The first-order valence-corrected chi connectivity index (χ1v) is 7.83. The number of ether oxygens (including phenoxy) is 1. The highest BCUT2D eigenvalue weighted by Crippen LogP contribution is 2.42. The molecular weight excluding hydrogens is 306 g/mol. The summed E-state index contributed by atoms with van der Waals surface area (Å²) in [7, 11) is 0. The molecule has 1 N–H and O–H groups in total. The number of rotatable bonds is 6. The van der Waals surface area contributed by atoms with Crippen LogP contribution in [0.2, 0.25) is 0 Å². The predicted octanol–water partition coefficient (Wildman–Crippen LogP) is 2.28. The highest BCUT2D eigenvalue weighted by molar-refractivity contribution is 6.08. The van der Waals surface area contributed by atoms with Crippen LogP contribution in [0.1, 0.15) is 18.9 Å². The molecule has 0 spiro atoms. The van der Waals surface area contributed by atoms with Gasteiger partial charge in [-0.1, -0.05) is 36.4 Å². The maximum atomic E-state index is 12.7. The third-order valence-corrected chi connectivity index (χ3v) is 4.07. The van der Waals surface area contributed by atoms with Crippen molar-refractivity contribution >= 4 is 17.4 Å². The first-order valence-electron chi connectivity index (χ1n) is 7.83. The second-order valence-electron chi connectivity index (χ2n) is 5.87. The fraction of sp³-hybridized carbons (Fsp3) is 0.263. The lowest BCUT2D eigenvalue weighted by molar-refractivity contribution is -0.141. The molecule has 1 amide bonds. The molecule has 5 heteroatoms. The Morgan fingerprint density at radius 3 is 2.50 bits per heavy atom. The van der Waals surface area contributed by atoms with Crippen molar-refractivity contribution in [3.63, 3.8) is 0 Å². The zero-order chi connectivity index (χ0) is 17.2. The van der Waals surface area contributed by atoms with Gasteiger partial charge in [0.05, 0.1) is 12.2 Å².